The molecule has 140 valence electrons. The first-order valence-corrected chi connectivity index (χ1v) is 8.82. The van der Waals surface area contributed by atoms with E-state index < -0.39 is 0 Å². The molecule has 0 aromatic heterocycles. The molecular weight excluding hydrogens is 354 g/mol. The summed E-state index contributed by atoms with van der Waals surface area (Å²) in [5.74, 6) is 2.35. The highest BCUT2D eigenvalue weighted by molar-refractivity contribution is 8.00. The Hall–Kier alpha value is -2.54. The molecule has 0 aliphatic heterocycles. The zero-order valence-corrected chi connectivity index (χ0v) is 16.3. The predicted molar refractivity (Wildman–Crippen MR) is 103 cm³/mol. The third-order valence-electron chi connectivity index (χ3n) is 3.70. The molecule has 2 aromatic carbocycles. The van der Waals surface area contributed by atoms with E-state index >= 15 is 0 Å². The van der Waals surface area contributed by atoms with Crippen LogP contribution in [0.25, 0.3) is 0 Å². The van der Waals surface area contributed by atoms with Gasteiger partial charge >= 0.3 is 0 Å². The van der Waals surface area contributed by atoms with Crippen LogP contribution in [0.1, 0.15) is 6.92 Å². The number of amides is 1. The lowest BCUT2D eigenvalue weighted by atomic mass is 10.2. The summed E-state index contributed by atoms with van der Waals surface area (Å²) in [6.07, 6.45) is 0. The number of anilines is 1. The summed E-state index contributed by atoms with van der Waals surface area (Å²) in [7, 11) is 6.29. The van der Waals surface area contributed by atoms with Crippen molar-refractivity contribution in [2.75, 3.05) is 33.8 Å². The Morgan fingerprint density at radius 1 is 0.885 bits per heavy atom. The maximum atomic E-state index is 12.5. The van der Waals surface area contributed by atoms with Crippen LogP contribution >= 0.6 is 11.8 Å². The van der Waals surface area contributed by atoms with Crippen LogP contribution in [-0.4, -0.2) is 39.6 Å². The van der Waals surface area contributed by atoms with Crippen molar-refractivity contribution in [2.24, 2.45) is 0 Å². The Kier molecular flexibility index (Phi) is 7.03. The number of thioether (sulfide) groups is 1. The fourth-order valence-electron chi connectivity index (χ4n) is 2.28. The molecule has 0 aliphatic carbocycles. The van der Waals surface area contributed by atoms with Crippen molar-refractivity contribution in [3.05, 3.63) is 36.4 Å². The quantitative estimate of drug-likeness (QED) is 0.705. The Morgan fingerprint density at radius 3 is 2.19 bits per heavy atom. The molecule has 0 radical (unpaired) electrons. The van der Waals surface area contributed by atoms with Gasteiger partial charge in [-0.15, -0.1) is 11.8 Å². The lowest BCUT2D eigenvalue weighted by molar-refractivity contribution is -0.115. The number of hydrogen-bond acceptors (Lipinski definition) is 6. The SMILES string of the molecule is COc1ccc(NC(=O)[C@@H](C)Sc2ccc(OC)c(OC)c2)c(OC)c1. The van der Waals surface area contributed by atoms with Crippen molar-refractivity contribution in [1.29, 1.82) is 0 Å². The molecule has 1 amide bonds. The van der Waals surface area contributed by atoms with Crippen LogP contribution in [0.2, 0.25) is 0 Å². The minimum atomic E-state index is -0.320. The van der Waals surface area contributed by atoms with Crippen molar-refractivity contribution >= 4 is 23.4 Å². The average Bonchev–Trinajstić information content (AvgIpc) is 2.67. The highest BCUT2D eigenvalue weighted by atomic mass is 32.2. The van der Waals surface area contributed by atoms with Gasteiger partial charge in [0.25, 0.3) is 0 Å². The number of ether oxygens (including phenoxy) is 4. The molecule has 0 bridgehead atoms. The molecule has 6 nitrogen and oxygen atoms in total. The zero-order valence-electron chi connectivity index (χ0n) is 15.5. The van der Waals surface area contributed by atoms with Crippen molar-refractivity contribution in [2.45, 2.75) is 17.1 Å². The maximum Gasteiger partial charge on any atom is 0.237 e. The topological polar surface area (TPSA) is 66.0 Å². The van der Waals surface area contributed by atoms with Gasteiger partial charge in [0, 0.05) is 11.0 Å². The normalized spacial score (nSPS) is 11.4. The van der Waals surface area contributed by atoms with E-state index in [1.165, 1.54) is 11.8 Å². The lowest BCUT2D eigenvalue weighted by Crippen LogP contribution is -2.22. The maximum absolute atomic E-state index is 12.5. The van der Waals surface area contributed by atoms with Gasteiger partial charge in [-0.05, 0) is 37.3 Å². The van der Waals surface area contributed by atoms with E-state index in [2.05, 4.69) is 5.32 Å². The van der Waals surface area contributed by atoms with Crippen LogP contribution in [-0.2, 0) is 4.79 Å². The molecule has 0 aliphatic rings. The van der Waals surface area contributed by atoms with Crippen LogP contribution in [0.5, 0.6) is 23.0 Å². The van der Waals surface area contributed by atoms with E-state index in [1.54, 1.807) is 46.6 Å². The van der Waals surface area contributed by atoms with Crippen molar-refractivity contribution in [1.82, 2.24) is 0 Å². The smallest absolute Gasteiger partial charge is 0.237 e. The fraction of sp³-hybridized carbons (Fsp3) is 0.316. The molecule has 0 saturated heterocycles. The molecule has 0 spiro atoms. The van der Waals surface area contributed by atoms with Crippen molar-refractivity contribution in [3.63, 3.8) is 0 Å². The average molecular weight is 377 g/mol. The highest BCUT2D eigenvalue weighted by Gasteiger charge is 2.17. The first-order valence-electron chi connectivity index (χ1n) is 7.94. The standard InChI is InChI=1S/C19H23NO5S/c1-12(26-14-7-9-16(23-3)18(11-14)25-5)19(21)20-15-8-6-13(22-2)10-17(15)24-4/h6-12H,1-5H3,(H,20,21)/t12-/m1/s1. The third kappa shape index (κ3) is 4.76. The Balaban J connectivity index is 2.08. The predicted octanol–water partition coefficient (Wildman–Crippen LogP) is 3.84. The second kappa shape index (κ2) is 9.24. The summed E-state index contributed by atoms with van der Waals surface area (Å²) in [4.78, 5) is 13.5. The second-order valence-electron chi connectivity index (χ2n) is 5.33. The van der Waals surface area contributed by atoms with Crippen LogP contribution in [0.3, 0.4) is 0 Å². The van der Waals surface area contributed by atoms with Gasteiger partial charge < -0.3 is 24.3 Å². The molecule has 0 saturated carbocycles. The molecule has 26 heavy (non-hydrogen) atoms. The molecule has 1 N–H and O–H groups in total. The lowest BCUT2D eigenvalue weighted by Gasteiger charge is -2.15. The molecule has 7 heteroatoms. The summed E-state index contributed by atoms with van der Waals surface area (Å²) in [6, 6.07) is 10.8. The zero-order chi connectivity index (χ0) is 19.1. The van der Waals surface area contributed by atoms with Crippen LogP contribution in [0.15, 0.2) is 41.3 Å². The number of carbonyl (C=O) groups excluding carboxylic acids is 1. The monoisotopic (exact) mass is 377 g/mol. The number of benzene rings is 2. The Labute approximate surface area is 157 Å². The molecular formula is C19H23NO5S. The Bertz CT molecular complexity index is 766. The van der Waals surface area contributed by atoms with Crippen LogP contribution < -0.4 is 24.3 Å². The number of nitrogens with one attached hydrogen (secondary N) is 1. The van der Waals surface area contributed by atoms with E-state index in [0.29, 0.717) is 28.7 Å². The molecule has 1 atom stereocenters. The summed E-state index contributed by atoms with van der Waals surface area (Å²) in [5.41, 5.74) is 0.595. The summed E-state index contributed by atoms with van der Waals surface area (Å²) >= 11 is 1.43. The molecule has 0 unspecified atom stereocenters. The van der Waals surface area contributed by atoms with Gasteiger partial charge in [-0.25, -0.2) is 0 Å². The number of carbonyl (C=O) groups is 1. The van der Waals surface area contributed by atoms with Gasteiger partial charge in [0.2, 0.25) is 5.91 Å². The van der Waals surface area contributed by atoms with Crippen LogP contribution in [0, 0.1) is 0 Å². The van der Waals surface area contributed by atoms with Gasteiger partial charge in [0.05, 0.1) is 39.4 Å². The number of methoxy groups -OCH3 is 4. The molecule has 2 aromatic rings. The van der Waals surface area contributed by atoms with E-state index in [1.807, 2.05) is 25.1 Å². The Morgan fingerprint density at radius 2 is 1.58 bits per heavy atom. The van der Waals surface area contributed by atoms with Crippen molar-refractivity contribution in [3.8, 4) is 23.0 Å². The van der Waals surface area contributed by atoms with Gasteiger partial charge in [-0.1, -0.05) is 0 Å². The molecule has 2 rings (SSSR count). The molecule has 0 fully saturated rings. The van der Waals surface area contributed by atoms with Gasteiger partial charge in [-0.2, -0.15) is 0 Å². The van der Waals surface area contributed by atoms with E-state index in [-0.39, 0.29) is 11.2 Å². The number of rotatable bonds is 8. The molecule has 0 heterocycles. The van der Waals surface area contributed by atoms with Gasteiger partial charge in [-0.3, -0.25) is 4.79 Å². The summed E-state index contributed by atoms with van der Waals surface area (Å²) < 4.78 is 21.0. The van der Waals surface area contributed by atoms with E-state index in [0.717, 1.165) is 4.90 Å². The summed E-state index contributed by atoms with van der Waals surface area (Å²) in [6.45, 7) is 1.84. The minimum absolute atomic E-state index is 0.131. The number of hydrogen-bond donors (Lipinski definition) is 1. The van der Waals surface area contributed by atoms with Gasteiger partial charge in [0.1, 0.15) is 11.5 Å². The van der Waals surface area contributed by atoms with Gasteiger partial charge in [0.15, 0.2) is 11.5 Å². The highest BCUT2D eigenvalue weighted by Crippen LogP contribution is 2.34. The van der Waals surface area contributed by atoms with Crippen LogP contribution in [0.4, 0.5) is 5.69 Å². The largest absolute Gasteiger partial charge is 0.497 e. The minimum Gasteiger partial charge on any atom is -0.497 e. The first kappa shape index (κ1) is 19.8. The summed E-state index contributed by atoms with van der Waals surface area (Å²) in [5, 5.41) is 2.57. The first-order chi connectivity index (χ1) is 12.5. The fourth-order valence-corrected chi connectivity index (χ4v) is 3.18. The van der Waals surface area contributed by atoms with E-state index in [4.69, 9.17) is 18.9 Å². The van der Waals surface area contributed by atoms with E-state index in [9.17, 15) is 4.79 Å². The third-order valence-corrected chi connectivity index (χ3v) is 4.80. The van der Waals surface area contributed by atoms with Crippen molar-refractivity contribution < 1.29 is 23.7 Å². The second-order valence-corrected chi connectivity index (χ2v) is 6.75.